The maximum absolute atomic E-state index is 11.7. The summed E-state index contributed by atoms with van der Waals surface area (Å²) in [7, 11) is 1.89. The first-order valence-corrected chi connectivity index (χ1v) is 9.42. The second kappa shape index (κ2) is 8.25. The van der Waals surface area contributed by atoms with Crippen LogP contribution in [0, 0.1) is 6.92 Å². The Morgan fingerprint density at radius 3 is 2.81 bits per heavy atom. The lowest BCUT2D eigenvalue weighted by Gasteiger charge is -2.30. The summed E-state index contributed by atoms with van der Waals surface area (Å²) in [5.41, 5.74) is 12.0. The SMILES string of the molecule is CNC1=C(C(N)=NC2C=CC(c3cccc(C)c3)=CC2)CN(C(C)=O)CC1. The van der Waals surface area contributed by atoms with Crippen LogP contribution in [0.2, 0.25) is 0 Å². The van der Waals surface area contributed by atoms with Gasteiger partial charge in [-0.15, -0.1) is 0 Å². The summed E-state index contributed by atoms with van der Waals surface area (Å²) < 4.78 is 0. The molecule has 1 aromatic rings. The van der Waals surface area contributed by atoms with E-state index in [0.717, 1.165) is 24.1 Å². The molecule has 1 aromatic carbocycles. The summed E-state index contributed by atoms with van der Waals surface area (Å²) in [6, 6.07) is 8.53. The fourth-order valence-corrected chi connectivity index (χ4v) is 3.54. The number of rotatable bonds is 4. The Bertz CT molecular complexity index is 848. The largest absolute Gasteiger partial charge is 0.391 e. The molecule has 1 amide bonds. The van der Waals surface area contributed by atoms with Crippen LogP contribution in [-0.4, -0.2) is 42.8 Å². The Morgan fingerprint density at radius 1 is 1.37 bits per heavy atom. The number of amidine groups is 1. The molecule has 1 atom stereocenters. The van der Waals surface area contributed by atoms with Gasteiger partial charge in [-0.3, -0.25) is 9.79 Å². The lowest BCUT2D eigenvalue weighted by Crippen LogP contribution is -2.41. The van der Waals surface area contributed by atoms with E-state index in [1.807, 2.05) is 11.9 Å². The van der Waals surface area contributed by atoms with Gasteiger partial charge in [-0.25, -0.2) is 0 Å². The molecule has 142 valence electrons. The minimum absolute atomic E-state index is 0.0249. The molecular weight excluding hydrogens is 336 g/mol. The number of aryl methyl sites for hydroxylation is 1. The van der Waals surface area contributed by atoms with Gasteiger partial charge in [-0.05, 0) is 24.5 Å². The molecule has 0 spiro atoms. The molecule has 1 heterocycles. The average molecular weight is 364 g/mol. The predicted octanol–water partition coefficient (Wildman–Crippen LogP) is 2.79. The van der Waals surface area contributed by atoms with Crippen LogP contribution in [0.1, 0.15) is 30.9 Å². The summed E-state index contributed by atoms with van der Waals surface area (Å²) in [5.74, 6) is 0.589. The summed E-state index contributed by atoms with van der Waals surface area (Å²) in [6.07, 6.45) is 8.04. The molecule has 3 rings (SSSR count). The van der Waals surface area contributed by atoms with E-state index in [0.29, 0.717) is 18.9 Å². The first-order chi connectivity index (χ1) is 13.0. The molecule has 0 aromatic heterocycles. The molecule has 5 heteroatoms. The summed E-state index contributed by atoms with van der Waals surface area (Å²) in [5, 5.41) is 3.22. The molecule has 1 aliphatic heterocycles. The Hall–Kier alpha value is -2.82. The van der Waals surface area contributed by atoms with Crippen LogP contribution < -0.4 is 11.1 Å². The van der Waals surface area contributed by atoms with Crippen LogP contribution in [0.3, 0.4) is 0 Å². The average Bonchev–Trinajstić information content (AvgIpc) is 2.68. The molecule has 0 saturated carbocycles. The monoisotopic (exact) mass is 364 g/mol. The van der Waals surface area contributed by atoms with Gasteiger partial charge in [0.25, 0.3) is 0 Å². The van der Waals surface area contributed by atoms with E-state index in [1.54, 1.807) is 6.92 Å². The van der Waals surface area contributed by atoms with Gasteiger partial charge in [0.2, 0.25) is 5.91 Å². The lowest BCUT2D eigenvalue weighted by molar-refractivity contribution is -0.128. The molecule has 0 saturated heterocycles. The van der Waals surface area contributed by atoms with Crippen LogP contribution in [-0.2, 0) is 4.79 Å². The maximum Gasteiger partial charge on any atom is 0.219 e. The molecule has 0 fully saturated rings. The van der Waals surface area contributed by atoms with Gasteiger partial charge >= 0.3 is 0 Å². The number of amides is 1. The van der Waals surface area contributed by atoms with Gasteiger partial charge in [0.1, 0.15) is 5.84 Å². The van der Waals surface area contributed by atoms with Crippen molar-refractivity contribution in [1.82, 2.24) is 10.2 Å². The smallest absolute Gasteiger partial charge is 0.219 e. The van der Waals surface area contributed by atoms with Gasteiger partial charge in [0, 0.05) is 38.2 Å². The minimum atomic E-state index is 0.0249. The van der Waals surface area contributed by atoms with Crippen molar-refractivity contribution in [2.24, 2.45) is 10.7 Å². The van der Waals surface area contributed by atoms with E-state index >= 15 is 0 Å². The molecule has 1 unspecified atom stereocenters. The Balaban J connectivity index is 1.74. The number of nitrogens with two attached hydrogens (primary N) is 1. The molecule has 2 aliphatic rings. The topological polar surface area (TPSA) is 70.7 Å². The predicted molar refractivity (Wildman–Crippen MR) is 111 cm³/mol. The standard InChI is InChI=1S/C22H28N4O/c1-15-5-4-6-18(13-15)17-7-9-19(10-8-17)25-22(23)20-14-26(16(2)27)12-11-21(20)24-3/h4-9,13,19,24H,10-12,14H2,1-3H3,(H2,23,25). The normalized spacial score (nSPS) is 20.6. The zero-order valence-corrected chi connectivity index (χ0v) is 16.3. The highest BCUT2D eigenvalue weighted by Crippen LogP contribution is 2.24. The van der Waals surface area contributed by atoms with Gasteiger partial charge in [-0.2, -0.15) is 0 Å². The Kier molecular flexibility index (Phi) is 5.79. The number of allylic oxidation sites excluding steroid dienone is 2. The molecule has 3 N–H and O–H groups in total. The minimum Gasteiger partial charge on any atom is -0.391 e. The van der Waals surface area contributed by atoms with E-state index in [4.69, 9.17) is 10.7 Å². The molecular formula is C22H28N4O. The fourth-order valence-electron chi connectivity index (χ4n) is 3.54. The second-order valence-corrected chi connectivity index (χ2v) is 7.10. The van der Waals surface area contributed by atoms with Gasteiger partial charge in [0.15, 0.2) is 0 Å². The van der Waals surface area contributed by atoms with Gasteiger partial charge in [-0.1, -0.05) is 48.1 Å². The summed E-state index contributed by atoms with van der Waals surface area (Å²) >= 11 is 0. The molecule has 27 heavy (non-hydrogen) atoms. The van der Waals surface area contributed by atoms with E-state index < -0.39 is 0 Å². The number of benzene rings is 1. The van der Waals surface area contributed by atoms with Crippen LogP contribution >= 0.6 is 0 Å². The van der Waals surface area contributed by atoms with Crippen LogP contribution in [0.4, 0.5) is 0 Å². The summed E-state index contributed by atoms with van der Waals surface area (Å²) in [6.45, 7) is 4.93. The van der Waals surface area contributed by atoms with Crippen molar-refractivity contribution in [2.45, 2.75) is 32.7 Å². The van der Waals surface area contributed by atoms with Crippen molar-refractivity contribution in [3.63, 3.8) is 0 Å². The first-order valence-electron chi connectivity index (χ1n) is 9.42. The summed E-state index contributed by atoms with van der Waals surface area (Å²) in [4.78, 5) is 18.3. The number of carbonyl (C=O) groups is 1. The quantitative estimate of drug-likeness (QED) is 0.637. The molecule has 5 nitrogen and oxygen atoms in total. The Morgan fingerprint density at radius 2 is 2.19 bits per heavy atom. The highest BCUT2D eigenvalue weighted by molar-refractivity contribution is 5.99. The number of nitrogens with one attached hydrogen (secondary N) is 1. The van der Waals surface area contributed by atoms with Gasteiger partial charge in [0.05, 0.1) is 12.6 Å². The van der Waals surface area contributed by atoms with Crippen molar-refractivity contribution in [3.05, 3.63) is 64.9 Å². The highest BCUT2D eigenvalue weighted by atomic mass is 16.2. The van der Waals surface area contributed by atoms with Crippen molar-refractivity contribution in [1.29, 1.82) is 0 Å². The van der Waals surface area contributed by atoms with Crippen molar-refractivity contribution < 1.29 is 4.79 Å². The van der Waals surface area contributed by atoms with Crippen LogP contribution in [0.5, 0.6) is 0 Å². The van der Waals surface area contributed by atoms with Crippen LogP contribution in [0.15, 0.2) is 58.8 Å². The van der Waals surface area contributed by atoms with E-state index in [1.165, 1.54) is 16.7 Å². The van der Waals surface area contributed by atoms with Crippen molar-refractivity contribution in [3.8, 4) is 0 Å². The second-order valence-electron chi connectivity index (χ2n) is 7.10. The molecule has 0 bridgehead atoms. The first kappa shape index (κ1) is 19.0. The lowest BCUT2D eigenvalue weighted by atomic mass is 9.96. The van der Waals surface area contributed by atoms with Gasteiger partial charge < -0.3 is 16.0 Å². The number of hydrogen-bond donors (Lipinski definition) is 2. The number of aliphatic imine (C=N–C) groups is 1. The van der Waals surface area contributed by atoms with Crippen LogP contribution in [0.25, 0.3) is 5.57 Å². The third-order valence-electron chi connectivity index (χ3n) is 5.13. The maximum atomic E-state index is 11.7. The number of hydrogen-bond acceptors (Lipinski definition) is 3. The molecule has 1 aliphatic carbocycles. The number of nitrogens with zero attached hydrogens (tertiary/aromatic N) is 2. The van der Waals surface area contributed by atoms with E-state index in [-0.39, 0.29) is 11.9 Å². The van der Waals surface area contributed by atoms with E-state index in [9.17, 15) is 4.79 Å². The highest BCUT2D eigenvalue weighted by Gasteiger charge is 2.23. The van der Waals surface area contributed by atoms with Crippen molar-refractivity contribution >= 4 is 17.3 Å². The number of carbonyl (C=O) groups excluding carboxylic acids is 1. The van der Waals surface area contributed by atoms with Crippen molar-refractivity contribution in [2.75, 3.05) is 20.1 Å². The third kappa shape index (κ3) is 4.48. The Labute approximate surface area is 161 Å². The zero-order valence-electron chi connectivity index (χ0n) is 16.3. The molecule has 0 radical (unpaired) electrons. The zero-order chi connectivity index (χ0) is 19.4. The fraction of sp³-hybridized carbons (Fsp3) is 0.364. The third-order valence-corrected chi connectivity index (χ3v) is 5.13. The van der Waals surface area contributed by atoms with E-state index in [2.05, 4.69) is 54.7 Å².